The third-order valence-corrected chi connectivity index (χ3v) is 6.24. The molecule has 0 aliphatic carbocycles. The molecule has 0 spiro atoms. The van der Waals surface area contributed by atoms with Crippen LogP contribution in [0.1, 0.15) is 55.1 Å². The number of aryl methyl sites for hydroxylation is 1. The van der Waals surface area contributed by atoms with E-state index in [0.29, 0.717) is 11.5 Å². The summed E-state index contributed by atoms with van der Waals surface area (Å²) >= 11 is 0. The lowest BCUT2D eigenvalue weighted by atomic mass is 10.0. The fourth-order valence-corrected chi connectivity index (χ4v) is 4.11. The Labute approximate surface area is 178 Å². The van der Waals surface area contributed by atoms with Gasteiger partial charge in [0, 0.05) is 5.56 Å². The van der Waals surface area contributed by atoms with Gasteiger partial charge in [-0.05, 0) is 36.5 Å². The Hall–Kier alpha value is -2.51. The number of benzene rings is 2. The molecule has 0 bridgehead atoms. The molecule has 6 nitrogen and oxygen atoms in total. The molecular weight excluding hydrogens is 402 g/mol. The number of carbonyl (C=O) groups is 2. The van der Waals surface area contributed by atoms with Crippen LogP contribution in [0.5, 0.6) is 0 Å². The van der Waals surface area contributed by atoms with Gasteiger partial charge in [0.05, 0.1) is 4.90 Å². The molecule has 0 amide bonds. The summed E-state index contributed by atoms with van der Waals surface area (Å²) in [6, 6.07) is 12.3. The van der Waals surface area contributed by atoms with Crippen molar-refractivity contribution < 1.29 is 22.7 Å². The van der Waals surface area contributed by atoms with Gasteiger partial charge >= 0.3 is 5.97 Å². The van der Waals surface area contributed by atoms with Gasteiger partial charge in [0.2, 0.25) is 10.0 Å². The van der Waals surface area contributed by atoms with Crippen molar-refractivity contribution in [2.45, 2.75) is 51.5 Å². The average molecular weight is 432 g/mol. The molecule has 0 aliphatic rings. The molecule has 2 aromatic carbocycles. The number of ether oxygens (including phenoxy) is 1. The summed E-state index contributed by atoms with van der Waals surface area (Å²) < 4.78 is 32.8. The number of nitrogens with one attached hydrogen (secondary N) is 1. The number of esters is 1. The molecule has 0 radical (unpaired) electrons. The van der Waals surface area contributed by atoms with Crippen LogP contribution in [0.25, 0.3) is 0 Å². The molecule has 7 heteroatoms. The van der Waals surface area contributed by atoms with Gasteiger partial charge in [-0.3, -0.25) is 9.59 Å². The highest BCUT2D eigenvalue weighted by molar-refractivity contribution is 7.89. The van der Waals surface area contributed by atoms with Crippen LogP contribution in [-0.2, 0) is 19.6 Å². The van der Waals surface area contributed by atoms with E-state index < -0.39 is 28.6 Å². The fourth-order valence-electron chi connectivity index (χ4n) is 2.77. The standard InChI is InChI=1S/C23H29NO5S/c1-15(2)18-8-10-19(11-9-18)21(25)14-29-23(26)22(16(3)4)24-30(27,28)20-12-6-17(5)7-13-20/h6-13,15-16,22,24H,14H2,1-5H3/t22-/m0/s1. The minimum atomic E-state index is -3.91. The van der Waals surface area contributed by atoms with E-state index >= 15 is 0 Å². The van der Waals surface area contributed by atoms with Crippen LogP contribution < -0.4 is 4.72 Å². The van der Waals surface area contributed by atoms with E-state index in [4.69, 9.17) is 4.74 Å². The van der Waals surface area contributed by atoms with Gasteiger partial charge in [0.15, 0.2) is 12.4 Å². The van der Waals surface area contributed by atoms with Crippen molar-refractivity contribution >= 4 is 21.8 Å². The van der Waals surface area contributed by atoms with Crippen LogP contribution in [0, 0.1) is 12.8 Å². The first-order chi connectivity index (χ1) is 14.0. The van der Waals surface area contributed by atoms with Gasteiger partial charge in [0.1, 0.15) is 6.04 Å². The number of ketones is 1. The lowest BCUT2D eigenvalue weighted by Crippen LogP contribution is -2.45. The molecule has 1 atom stereocenters. The van der Waals surface area contributed by atoms with Crippen molar-refractivity contribution in [3.8, 4) is 0 Å². The molecular formula is C23H29NO5S. The van der Waals surface area contributed by atoms with E-state index in [2.05, 4.69) is 18.6 Å². The van der Waals surface area contributed by atoms with Gasteiger partial charge < -0.3 is 4.74 Å². The third-order valence-electron chi connectivity index (χ3n) is 4.78. The largest absolute Gasteiger partial charge is 0.456 e. The molecule has 0 saturated heterocycles. The second-order valence-electron chi connectivity index (χ2n) is 7.96. The zero-order valence-electron chi connectivity index (χ0n) is 18.0. The van der Waals surface area contributed by atoms with E-state index in [9.17, 15) is 18.0 Å². The first-order valence-corrected chi connectivity index (χ1v) is 11.4. The van der Waals surface area contributed by atoms with Gasteiger partial charge in [-0.15, -0.1) is 0 Å². The second-order valence-corrected chi connectivity index (χ2v) is 9.68. The maximum absolute atomic E-state index is 12.6. The van der Waals surface area contributed by atoms with E-state index in [-0.39, 0.29) is 16.6 Å². The summed E-state index contributed by atoms with van der Waals surface area (Å²) in [6.45, 7) is 8.93. The van der Waals surface area contributed by atoms with E-state index in [0.717, 1.165) is 11.1 Å². The monoisotopic (exact) mass is 431 g/mol. The van der Waals surface area contributed by atoms with Gasteiger partial charge in [-0.1, -0.05) is 69.7 Å². The Kier molecular flexibility index (Phi) is 7.92. The Bertz CT molecular complexity index is 977. The van der Waals surface area contributed by atoms with Crippen LogP contribution in [-0.4, -0.2) is 32.8 Å². The summed E-state index contributed by atoms with van der Waals surface area (Å²) in [6.07, 6.45) is 0. The van der Waals surface area contributed by atoms with Crippen molar-refractivity contribution in [2.24, 2.45) is 5.92 Å². The van der Waals surface area contributed by atoms with Crippen LogP contribution in [0.15, 0.2) is 53.4 Å². The predicted octanol–water partition coefficient (Wildman–Crippen LogP) is 3.85. The molecule has 0 heterocycles. The van der Waals surface area contributed by atoms with Crippen molar-refractivity contribution in [1.82, 2.24) is 4.72 Å². The predicted molar refractivity (Wildman–Crippen MR) is 116 cm³/mol. The highest BCUT2D eigenvalue weighted by Crippen LogP contribution is 2.16. The normalized spacial score (nSPS) is 12.8. The number of sulfonamides is 1. The molecule has 0 unspecified atom stereocenters. The third kappa shape index (κ3) is 6.24. The van der Waals surface area contributed by atoms with E-state index in [1.54, 1.807) is 38.1 Å². The van der Waals surface area contributed by atoms with E-state index in [1.165, 1.54) is 12.1 Å². The number of rotatable bonds is 9. The van der Waals surface area contributed by atoms with Gasteiger partial charge in [-0.2, -0.15) is 4.72 Å². The lowest BCUT2D eigenvalue weighted by Gasteiger charge is -2.20. The zero-order chi connectivity index (χ0) is 22.5. The molecule has 30 heavy (non-hydrogen) atoms. The maximum Gasteiger partial charge on any atom is 0.324 e. The van der Waals surface area contributed by atoms with Gasteiger partial charge in [0.25, 0.3) is 0 Å². The minimum absolute atomic E-state index is 0.0628. The molecule has 0 fully saturated rings. The summed E-state index contributed by atoms with van der Waals surface area (Å²) in [4.78, 5) is 24.9. The Morgan fingerprint density at radius 1 is 0.933 bits per heavy atom. The zero-order valence-corrected chi connectivity index (χ0v) is 18.8. The van der Waals surface area contributed by atoms with Crippen molar-refractivity contribution in [3.05, 3.63) is 65.2 Å². The highest BCUT2D eigenvalue weighted by Gasteiger charge is 2.30. The SMILES string of the molecule is Cc1ccc(S(=O)(=O)N[C@H](C(=O)OCC(=O)c2ccc(C(C)C)cc2)C(C)C)cc1. The molecule has 0 saturated carbocycles. The number of carbonyl (C=O) groups excluding carboxylic acids is 2. The smallest absolute Gasteiger partial charge is 0.324 e. The van der Waals surface area contributed by atoms with Crippen LogP contribution in [0.2, 0.25) is 0 Å². The average Bonchev–Trinajstić information content (AvgIpc) is 2.70. The first kappa shape index (κ1) is 23.8. The summed E-state index contributed by atoms with van der Waals surface area (Å²) in [5.41, 5.74) is 2.47. The molecule has 1 N–H and O–H groups in total. The van der Waals surface area contributed by atoms with Crippen LogP contribution in [0.3, 0.4) is 0 Å². The number of Topliss-reactive ketones (excluding diaryl/α,β-unsaturated/α-hetero) is 1. The molecule has 0 aliphatic heterocycles. The first-order valence-electron chi connectivity index (χ1n) is 9.90. The fraction of sp³-hybridized carbons (Fsp3) is 0.391. The van der Waals surface area contributed by atoms with Crippen molar-refractivity contribution in [3.63, 3.8) is 0 Å². The van der Waals surface area contributed by atoms with Crippen LogP contribution >= 0.6 is 0 Å². The summed E-state index contributed by atoms with van der Waals surface area (Å²) in [5.74, 6) is -1.14. The Morgan fingerprint density at radius 3 is 2.00 bits per heavy atom. The molecule has 2 aromatic rings. The Balaban J connectivity index is 2.04. The molecule has 2 rings (SSSR count). The van der Waals surface area contributed by atoms with Crippen LogP contribution in [0.4, 0.5) is 0 Å². The number of hydrogen-bond donors (Lipinski definition) is 1. The maximum atomic E-state index is 12.6. The van der Waals surface area contributed by atoms with E-state index in [1.807, 2.05) is 19.1 Å². The van der Waals surface area contributed by atoms with Crippen molar-refractivity contribution in [2.75, 3.05) is 6.61 Å². The Morgan fingerprint density at radius 2 is 1.50 bits per heavy atom. The van der Waals surface area contributed by atoms with Gasteiger partial charge in [-0.25, -0.2) is 8.42 Å². The molecule has 162 valence electrons. The highest BCUT2D eigenvalue weighted by atomic mass is 32.2. The summed E-state index contributed by atoms with van der Waals surface area (Å²) in [7, 11) is -3.91. The second kappa shape index (κ2) is 10.00. The quantitative estimate of drug-likeness (QED) is 0.481. The summed E-state index contributed by atoms with van der Waals surface area (Å²) in [5, 5.41) is 0. The van der Waals surface area contributed by atoms with Crippen molar-refractivity contribution in [1.29, 1.82) is 0 Å². The minimum Gasteiger partial charge on any atom is -0.456 e. The topological polar surface area (TPSA) is 89.5 Å². The lowest BCUT2D eigenvalue weighted by molar-refractivity contribution is -0.145. The number of hydrogen-bond acceptors (Lipinski definition) is 5. The molecule has 0 aromatic heterocycles.